The van der Waals surface area contributed by atoms with E-state index in [0.29, 0.717) is 18.6 Å². The molecule has 0 amide bonds. The maximum atomic E-state index is 11.2. The molecule has 1 aliphatic carbocycles. The lowest BCUT2D eigenvalue weighted by Crippen LogP contribution is -2.36. The third kappa shape index (κ3) is 2.47. The van der Waals surface area contributed by atoms with Gasteiger partial charge in [-0.05, 0) is 6.08 Å². The maximum Gasteiger partial charge on any atom is 0.311 e. The van der Waals surface area contributed by atoms with Gasteiger partial charge in [-0.2, -0.15) is 0 Å². The molecule has 1 aliphatic heterocycles. The van der Waals surface area contributed by atoms with Crippen LogP contribution in [0.25, 0.3) is 0 Å². The van der Waals surface area contributed by atoms with Crippen molar-refractivity contribution in [3.05, 3.63) is 23.9 Å². The highest BCUT2D eigenvalue weighted by Crippen LogP contribution is 2.36. The van der Waals surface area contributed by atoms with Crippen LogP contribution in [0, 0.1) is 11.3 Å². The van der Waals surface area contributed by atoms with Crippen molar-refractivity contribution in [2.45, 2.75) is 26.7 Å². The Balaban J connectivity index is 2.15. The van der Waals surface area contributed by atoms with Crippen molar-refractivity contribution in [2.24, 2.45) is 11.3 Å². The monoisotopic (exact) mass is 249 g/mol. The number of Topliss-reactive ketones (excluding diaryl/α,β-unsaturated/α-hetero) is 1. The van der Waals surface area contributed by atoms with Gasteiger partial charge in [0.1, 0.15) is 5.78 Å². The fraction of sp³-hybridized carbons (Fsp3) is 0.571. The number of carboxylic acid groups (broad SMARTS) is 1. The molecule has 1 saturated heterocycles. The highest BCUT2D eigenvalue weighted by atomic mass is 16.4. The molecule has 1 atom stereocenters. The number of allylic oxidation sites excluding steroid dienone is 2. The number of carbonyl (C=O) groups excluding carboxylic acids is 1. The van der Waals surface area contributed by atoms with E-state index in [0.717, 1.165) is 18.8 Å². The highest BCUT2D eigenvalue weighted by Gasteiger charge is 2.35. The lowest BCUT2D eigenvalue weighted by atomic mass is 9.75. The number of hydrogen-bond donors (Lipinski definition) is 1. The zero-order chi connectivity index (χ0) is 13.3. The van der Waals surface area contributed by atoms with Crippen LogP contribution in [-0.2, 0) is 9.59 Å². The first-order valence-corrected chi connectivity index (χ1v) is 6.31. The quantitative estimate of drug-likeness (QED) is 0.811. The summed E-state index contributed by atoms with van der Waals surface area (Å²) in [6.07, 6.45) is 6.83. The zero-order valence-corrected chi connectivity index (χ0v) is 10.8. The van der Waals surface area contributed by atoms with Gasteiger partial charge < -0.3 is 10.0 Å². The van der Waals surface area contributed by atoms with E-state index >= 15 is 0 Å². The molecule has 0 saturated carbocycles. The Morgan fingerprint density at radius 2 is 2.00 bits per heavy atom. The Bertz CT molecular complexity index is 424. The molecule has 1 N–H and O–H groups in total. The average Bonchev–Trinajstić information content (AvgIpc) is 2.28. The summed E-state index contributed by atoms with van der Waals surface area (Å²) in [6.45, 7) is 5.35. The van der Waals surface area contributed by atoms with Crippen molar-refractivity contribution >= 4 is 11.8 Å². The number of ketones is 1. The van der Waals surface area contributed by atoms with Crippen LogP contribution in [0.1, 0.15) is 26.7 Å². The van der Waals surface area contributed by atoms with E-state index in [9.17, 15) is 9.59 Å². The van der Waals surface area contributed by atoms with E-state index < -0.39 is 17.3 Å². The second kappa shape index (κ2) is 4.59. The summed E-state index contributed by atoms with van der Waals surface area (Å²) in [7, 11) is 0. The van der Waals surface area contributed by atoms with Crippen LogP contribution >= 0.6 is 0 Å². The molecule has 4 heteroatoms. The summed E-state index contributed by atoms with van der Waals surface area (Å²) in [5, 5.41) is 9.17. The molecule has 18 heavy (non-hydrogen) atoms. The third-order valence-corrected chi connectivity index (χ3v) is 3.73. The number of nitrogens with zero attached hydrogens (tertiary/aromatic N) is 1. The fourth-order valence-corrected chi connectivity index (χ4v) is 2.57. The van der Waals surface area contributed by atoms with Crippen LogP contribution in [0.3, 0.4) is 0 Å². The molecule has 0 aromatic carbocycles. The molecule has 0 bridgehead atoms. The molecule has 0 aromatic heterocycles. The highest BCUT2D eigenvalue weighted by molar-refractivity contribution is 5.79. The van der Waals surface area contributed by atoms with Crippen molar-refractivity contribution in [1.29, 1.82) is 0 Å². The van der Waals surface area contributed by atoms with E-state index in [1.165, 1.54) is 0 Å². The van der Waals surface area contributed by atoms with Gasteiger partial charge in [0.2, 0.25) is 0 Å². The smallest absolute Gasteiger partial charge is 0.311 e. The van der Waals surface area contributed by atoms with Crippen molar-refractivity contribution in [2.75, 3.05) is 13.1 Å². The molecule has 98 valence electrons. The molecular weight excluding hydrogens is 230 g/mol. The Hall–Kier alpha value is -1.58. The van der Waals surface area contributed by atoms with Crippen LogP contribution < -0.4 is 0 Å². The van der Waals surface area contributed by atoms with Gasteiger partial charge in [0.15, 0.2) is 0 Å². The predicted molar refractivity (Wildman–Crippen MR) is 67.9 cm³/mol. The average molecular weight is 249 g/mol. The van der Waals surface area contributed by atoms with E-state index in [1.54, 1.807) is 6.08 Å². The van der Waals surface area contributed by atoms with Crippen LogP contribution in [-0.4, -0.2) is 34.8 Å². The molecule has 1 heterocycles. The summed E-state index contributed by atoms with van der Waals surface area (Å²) >= 11 is 0. The minimum atomic E-state index is -0.791. The number of carbonyl (C=O) groups is 2. The van der Waals surface area contributed by atoms with E-state index in [-0.39, 0.29) is 0 Å². The Kier molecular flexibility index (Phi) is 3.28. The number of hydrogen-bond acceptors (Lipinski definition) is 3. The van der Waals surface area contributed by atoms with Gasteiger partial charge in [-0.15, -0.1) is 0 Å². The van der Waals surface area contributed by atoms with Gasteiger partial charge in [-0.3, -0.25) is 9.59 Å². The summed E-state index contributed by atoms with van der Waals surface area (Å²) in [5.74, 6) is -0.956. The second-order valence-electron chi connectivity index (χ2n) is 5.59. The molecule has 2 aliphatic rings. The molecule has 1 fully saturated rings. The maximum absolute atomic E-state index is 11.2. The van der Waals surface area contributed by atoms with E-state index in [2.05, 4.69) is 4.90 Å². The van der Waals surface area contributed by atoms with Gasteiger partial charge in [-0.25, -0.2) is 0 Å². The van der Waals surface area contributed by atoms with Crippen molar-refractivity contribution < 1.29 is 14.7 Å². The summed E-state index contributed by atoms with van der Waals surface area (Å²) < 4.78 is 0. The Morgan fingerprint density at radius 3 is 2.50 bits per heavy atom. The molecule has 2 rings (SSSR count). The van der Waals surface area contributed by atoms with Crippen LogP contribution in [0.4, 0.5) is 0 Å². The lowest BCUT2D eigenvalue weighted by molar-refractivity contribution is -0.142. The van der Waals surface area contributed by atoms with Gasteiger partial charge in [0, 0.05) is 37.0 Å². The van der Waals surface area contributed by atoms with E-state index in [4.69, 9.17) is 5.11 Å². The van der Waals surface area contributed by atoms with Crippen LogP contribution in [0.2, 0.25) is 0 Å². The normalized spacial score (nSPS) is 27.0. The Labute approximate surface area is 107 Å². The summed E-state index contributed by atoms with van der Waals surface area (Å²) in [4.78, 5) is 24.5. The van der Waals surface area contributed by atoms with Gasteiger partial charge in [0.05, 0.1) is 5.92 Å². The molecule has 1 unspecified atom stereocenters. The van der Waals surface area contributed by atoms with Crippen molar-refractivity contribution in [3.63, 3.8) is 0 Å². The number of likely N-dealkylation sites (tertiary alicyclic amines) is 1. The van der Waals surface area contributed by atoms with Crippen molar-refractivity contribution in [1.82, 2.24) is 4.90 Å². The first-order chi connectivity index (χ1) is 8.40. The van der Waals surface area contributed by atoms with Gasteiger partial charge >= 0.3 is 5.97 Å². The van der Waals surface area contributed by atoms with Gasteiger partial charge in [-0.1, -0.05) is 26.0 Å². The first kappa shape index (κ1) is 12.9. The minimum absolute atomic E-state index is 0.314. The van der Waals surface area contributed by atoms with Gasteiger partial charge in [0.25, 0.3) is 0 Å². The van der Waals surface area contributed by atoms with Crippen LogP contribution in [0.15, 0.2) is 23.9 Å². The predicted octanol–water partition coefficient (Wildman–Crippen LogP) is 1.83. The standard InChI is InChI=1S/C14H19NO3/c1-14(2)9-10(3-4-12(14)13(17)18)15-7-5-11(16)6-8-15/h3-4,9,12H,5-8H2,1-2H3,(H,17,18). The number of carboxylic acids is 1. The number of aliphatic carboxylic acids is 1. The summed E-state index contributed by atoms with van der Waals surface area (Å²) in [5.41, 5.74) is 0.655. The summed E-state index contributed by atoms with van der Waals surface area (Å²) in [6, 6.07) is 0. The zero-order valence-electron chi connectivity index (χ0n) is 10.8. The first-order valence-electron chi connectivity index (χ1n) is 6.31. The SMILES string of the molecule is CC1(C)C=C(N2CCC(=O)CC2)C=CC1C(=O)O. The largest absolute Gasteiger partial charge is 0.481 e. The van der Waals surface area contributed by atoms with Crippen molar-refractivity contribution in [3.8, 4) is 0 Å². The van der Waals surface area contributed by atoms with E-state index in [1.807, 2.05) is 26.0 Å². The number of piperidine rings is 1. The molecular formula is C14H19NO3. The number of rotatable bonds is 2. The minimum Gasteiger partial charge on any atom is -0.481 e. The van der Waals surface area contributed by atoms with Crippen LogP contribution in [0.5, 0.6) is 0 Å². The second-order valence-corrected chi connectivity index (χ2v) is 5.59. The molecule has 0 spiro atoms. The lowest BCUT2D eigenvalue weighted by Gasteiger charge is -2.36. The fourth-order valence-electron chi connectivity index (χ4n) is 2.57. The molecule has 4 nitrogen and oxygen atoms in total. The molecule has 0 aromatic rings. The molecule has 0 radical (unpaired) electrons. The third-order valence-electron chi connectivity index (χ3n) is 3.73. The Morgan fingerprint density at radius 1 is 1.39 bits per heavy atom. The topological polar surface area (TPSA) is 57.6 Å².